The first-order chi connectivity index (χ1) is 24.7. The van der Waals surface area contributed by atoms with Crippen LogP contribution in [0.5, 0.6) is 17.2 Å². The standard InChI is InChI=1S/C41H56N4O6/c1-4-5-9-30(2)45(25-22-42-21-16-32-13-15-36(47)39-40(32)51-29-37(48)43-39)38(49)18-27-50-26-17-31-12-14-35(46)34(28-31)41(19-23-44(3)24-20-41)33-10-7-6-8-11-33/h6-8,10-15,28,30,42,46-47H,4-5,9,16-27,29H2,1-3H3,(H,43,48). The molecule has 3 aromatic rings. The highest BCUT2D eigenvalue weighted by Gasteiger charge is 2.39. The second kappa shape index (κ2) is 18.4. The van der Waals surface area contributed by atoms with Gasteiger partial charge >= 0.3 is 0 Å². The first-order valence-electron chi connectivity index (χ1n) is 18.6. The average molecular weight is 701 g/mol. The molecule has 2 heterocycles. The predicted octanol–water partition coefficient (Wildman–Crippen LogP) is 5.63. The Bertz CT molecular complexity index is 1590. The van der Waals surface area contributed by atoms with Crippen molar-refractivity contribution in [3.63, 3.8) is 0 Å². The summed E-state index contributed by atoms with van der Waals surface area (Å²) in [6.07, 6.45) is 6.67. The zero-order valence-corrected chi connectivity index (χ0v) is 30.6. The molecule has 276 valence electrons. The van der Waals surface area contributed by atoms with Gasteiger partial charge in [0.2, 0.25) is 5.91 Å². The fourth-order valence-corrected chi connectivity index (χ4v) is 7.39. The van der Waals surface area contributed by atoms with Crippen LogP contribution in [0.25, 0.3) is 0 Å². The number of carbonyl (C=O) groups excluding carboxylic acids is 2. The molecule has 2 aliphatic rings. The van der Waals surface area contributed by atoms with Crippen molar-refractivity contribution in [2.24, 2.45) is 0 Å². The Morgan fingerprint density at radius 1 is 1.04 bits per heavy atom. The maximum atomic E-state index is 13.4. The van der Waals surface area contributed by atoms with Gasteiger partial charge < -0.3 is 40.1 Å². The molecule has 1 atom stereocenters. The Kier molecular flexibility index (Phi) is 13.7. The van der Waals surface area contributed by atoms with Crippen LogP contribution in [0.4, 0.5) is 5.69 Å². The van der Waals surface area contributed by atoms with Crippen LogP contribution >= 0.6 is 0 Å². The number of rotatable bonds is 18. The van der Waals surface area contributed by atoms with Crippen LogP contribution in [0, 0.1) is 0 Å². The number of carbonyl (C=O) groups is 2. The molecule has 1 saturated heterocycles. The number of likely N-dealkylation sites (tertiary alicyclic amines) is 1. The Hall–Kier alpha value is -4.12. The number of hydrogen-bond acceptors (Lipinski definition) is 8. The van der Waals surface area contributed by atoms with E-state index in [1.165, 1.54) is 5.56 Å². The van der Waals surface area contributed by atoms with Gasteiger partial charge in [-0.25, -0.2) is 0 Å². The van der Waals surface area contributed by atoms with Crippen LogP contribution < -0.4 is 15.4 Å². The minimum atomic E-state index is -0.285. The lowest BCUT2D eigenvalue weighted by Gasteiger charge is -2.42. The average Bonchev–Trinajstić information content (AvgIpc) is 3.14. The number of benzene rings is 3. The van der Waals surface area contributed by atoms with Crippen molar-refractivity contribution in [1.82, 2.24) is 15.1 Å². The third-order valence-corrected chi connectivity index (χ3v) is 10.5. The Labute approximate surface area is 303 Å². The topological polar surface area (TPSA) is 124 Å². The maximum Gasteiger partial charge on any atom is 0.262 e. The summed E-state index contributed by atoms with van der Waals surface area (Å²) in [5.74, 6) is 0.653. The van der Waals surface area contributed by atoms with E-state index in [4.69, 9.17) is 9.47 Å². The molecule has 3 aromatic carbocycles. The van der Waals surface area contributed by atoms with E-state index in [1.807, 2.05) is 29.2 Å². The molecule has 0 radical (unpaired) electrons. The normalized spacial score (nSPS) is 16.2. The van der Waals surface area contributed by atoms with E-state index in [0.29, 0.717) is 69.3 Å². The number of nitrogens with one attached hydrogen (secondary N) is 2. The number of anilines is 1. The third-order valence-electron chi connectivity index (χ3n) is 10.5. The monoisotopic (exact) mass is 700 g/mol. The second-order valence-electron chi connectivity index (χ2n) is 14.1. The summed E-state index contributed by atoms with van der Waals surface area (Å²) in [6, 6.07) is 20.0. The van der Waals surface area contributed by atoms with E-state index in [1.54, 1.807) is 6.07 Å². The molecule has 0 aliphatic carbocycles. The highest BCUT2D eigenvalue weighted by Crippen LogP contribution is 2.45. The molecule has 4 N–H and O–H groups in total. The van der Waals surface area contributed by atoms with E-state index in [-0.39, 0.29) is 35.6 Å². The van der Waals surface area contributed by atoms with Gasteiger partial charge in [0, 0.05) is 30.1 Å². The smallest absolute Gasteiger partial charge is 0.262 e. The second-order valence-corrected chi connectivity index (χ2v) is 14.1. The van der Waals surface area contributed by atoms with E-state index in [2.05, 4.69) is 66.8 Å². The summed E-state index contributed by atoms with van der Waals surface area (Å²) in [5.41, 5.74) is 4.35. The van der Waals surface area contributed by atoms with Gasteiger partial charge in [-0.3, -0.25) is 9.59 Å². The minimum Gasteiger partial charge on any atom is -0.508 e. The number of fused-ring (bicyclic) bond motifs is 1. The molecule has 2 amide bonds. The van der Waals surface area contributed by atoms with Crippen LogP contribution in [0.3, 0.4) is 0 Å². The third kappa shape index (κ3) is 9.81. The molecular weight excluding hydrogens is 644 g/mol. The van der Waals surface area contributed by atoms with Crippen LogP contribution in [-0.4, -0.2) is 97.5 Å². The minimum absolute atomic E-state index is 0.0109. The van der Waals surface area contributed by atoms with Crippen molar-refractivity contribution in [3.8, 4) is 17.2 Å². The molecule has 5 rings (SSSR count). The zero-order valence-electron chi connectivity index (χ0n) is 30.6. The first-order valence-corrected chi connectivity index (χ1v) is 18.6. The van der Waals surface area contributed by atoms with Crippen LogP contribution in [0.15, 0.2) is 60.7 Å². The molecule has 10 heteroatoms. The molecule has 1 fully saturated rings. The fourth-order valence-electron chi connectivity index (χ4n) is 7.39. The van der Waals surface area contributed by atoms with Crippen molar-refractivity contribution in [1.29, 1.82) is 0 Å². The lowest BCUT2D eigenvalue weighted by atomic mass is 9.67. The summed E-state index contributed by atoms with van der Waals surface area (Å²) in [6.45, 7) is 8.91. The fraction of sp³-hybridized carbons (Fsp3) is 0.512. The van der Waals surface area contributed by atoms with Gasteiger partial charge in [0.1, 0.15) is 17.2 Å². The molecule has 0 spiro atoms. The number of piperidine rings is 1. The van der Waals surface area contributed by atoms with Crippen molar-refractivity contribution >= 4 is 17.5 Å². The number of amides is 2. The summed E-state index contributed by atoms with van der Waals surface area (Å²) in [4.78, 5) is 29.5. The Morgan fingerprint density at radius 2 is 1.80 bits per heavy atom. The van der Waals surface area contributed by atoms with Gasteiger partial charge in [-0.15, -0.1) is 0 Å². The number of ether oxygens (including phenoxy) is 2. The van der Waals surface area contributed by atoms with Crippen LogP contribution in [0.2, 0.25) is 0 Å². The van der Waals surface area contributed by atoms with Crippen molar-refractivity contribution < 1.29 is 29.3 Å². The zero-order chi connectivity index (χ0) is 36.2. The number of aromatic hydroxyl groups is 2. The number of phenols is 2. The van der Waals surface area contributed by atoms with Crippen LogP contribution in [0.1, 0.15) is 74.6 Å². The van der Waals surface area contributed by atoms with Gasteiger partial charge in [0.25, 0.3) is 5.91 Å². The van der Waals surface area contributed by atoms with Gasteiger partial charge in [-0.2, -0.15) is 0 Å². The largest absolute Gasteiger partial charge is 0.508 e. The molecule has 10 nitrogen and oxygen atoms in total. The van der Waals surface area contributed by atoms with E-state index < -0.39 is 0 Å². The Balaban J connectivity index is 1.10. The number of phenolic OH excluding ortho intramolecular Hbond substituents is 2. The van der Waals surface area contributed by atoms with Crippen LogP contribution in [-0.2, 0) is 32.6 Å². The van der Waals surface area contributed by atoms with Gasteiger partial charge in [-0.1, -0.05) is 68.3 Å². The maximum absolute atomic E-state index is 13.4. The highest BCUT2D eigenvalue weighted by atomic mass is 16.5. The number of nitrogens with zero attached hydrogens (tertiary/aromatic N) is 2. The summed E-state index contributed by atoms with van der Waals surface area (Å²) < 4.78 is 11.6. The highest BCUT2D eigenvalue weighted by molar-refractivity contribution is 5.97. The predicted molar refractivity (Wildman–Crippen MR) is 201 cm³/mol. The quantitative estimate of drug-likeness (QED) is 0.0996. The van der Waals surface area contributed by atoms with Gasteiger partial charge in [-0.05, 0) is 94.5 Å². The van der Waals surface area contributed by atoms with E-state index in [9.17, 15) is 19.8 Å². The van der Waals surface area contributed by atoms with E-state index in [0.717, 1.165) is 61.9 Å². The molecule has 0 aromatic heterocycles. The lowest BCUT2D eigenvalue weighted by molar-refractivity contribution is -0.134. The summed E-state index contributed by atoms with van der Waals surface area (Å²) in [7, 11) is 2.15. The molecule has 0 saturated carbocycles. The van der Waals surface area contributed by atoms with Crippen molar-refractivity contribution in [2.75, 3.05) is 64.9 Å². The first kappa shape index (κ1) is 38.1. The van der Waals surface area contributed by atoms with Gasteiger partial charge in [0.15, 0.2) is 12.4 Å². The summed E-state index contributed by atoms with van der Waals surface area (Å²) >= 11 is 0. The lowest BCUT2D eigenvalue weighted by Crippen LogP contribution is -2.43. The van der Waals surface area contributed by atoms with E-state index >= 15 is 0 Å². The molecular formula is C41H56N4O6. The number of unbranched alkanes of at least 4 members (excludes halogenated alkanes) is 1. The SMILES string of the molecule is CCCCC(C)N(CCNCCc1ccc(O)c2c1OCC(=O)N2)C(=O)CCOCCc1ccc(O)c(C2(c3ccccc3)CCN(C)CC2)c1. The number of hydrogen-bond donors (Lipinski definition) is 4. The van der Waals surface area contributed by atoms with Gasteiger partial charge in [0.05, 0.1) is 19.6 Å². The molecule has 0 bridgehead atoms. The molecule has 1 unspecified atom stereocenters. The van der Waals surface area contributed by atoms with Crippen molar-refractivity contribution in [2.45, 2.75) is 76.7 Å². The Morgan fingerprint density at radius 3 is 2.57 bits per heavy atom. The van der Waals surface area contributed by atoms with Crippen molar-refractivity contribution in [3.05, 3.63) is 82.9 Å². The molecule has 51 heavy (non-hydrogen) atoms. The molecule has 2 aliphatic heterocycles. The summed E-state index contributed by atoms with van der Waals surface area (Å²) in [5, 5.41) is 27.4.